The van der Waals surface area contributed by atoms with Crippen LogP contribution < -0.4 is 5.32 Å². The van der Waals surface area contributed by atoms with Crippen molar-refractivity contribution in [2.75, 3.05) is 11.9 Å². The Balaban J connectivity index is 1.59. The second kappa shape index (κ2) is 9.65. The Bertz CT molecular complexity index is 1050. The SMILES string of the molecule is O=C(CCN1C(=O)SC(=CC=Cc2ccccc2)C1=O)Nc1ccccc1C(F)(F)F. The fourth-order valence-corrected chi connectivity index (χ4v) is 3.60. The molecule has 3 amide bonds. The van der Waals surface area contributed by atoms with Gasteiger partial charge in [-0.15, -0.1) is 0 Å². The highest BCUT2D eigenvalue weighted by Gasteiger charge is 2.35. The Hall–Kier alpha value is -3.33. The third kappa shape index (κ3) is 5.85. The second-order valence-electron chi connectivity index (χ2n) is 6.47. The average Bonchev–Trinajstić information content (AvgIpc) is 2.99. The molecule has 160 valence electrons. The average molecular weight is 446 g/mol. The summed E-state index contributed by atoms with van der Waals surface area (Å²) in [6, 6.07) is 14.0. The number of hydrogen-bond donors (Lipinski definition) is 1. The molecule has 31 heavy (non-hydrogen) atoms. The summed E-state index contributed by atoms with van der Waals surface area (Å²) >= 11 is 0.745. The number of benzene rings is 2. The number of nitrogens with zero attached hydrogens (tertiary/aromatic N) is 1. The van der Waals surface area contributed by atoms with Crippen LogP contribution in [-0.4, -0.2) is 28.5 Å². The van der Waals surface area contributed by atoms with Crippen molar-refractivity contribution in [1.82, 2.24) is 4.90 Å². The van der Waals surface area contributed by atoms with E-state index in [1.807, 2.05) is 30.3 Å². The van der Waals surface area contributed by atoms with Gasteiger partial charge in [-0.3, -0.25) is 19.3 Å². The molecule has 0 aliphatic carbocycles. The minimum Gasteiger partial charge on any atom is -0.325 e. The Labute approximate surface area is 180 Å². The summed E-state index contributed by atoms with van der Waals surface area (Å²) in [6.45, 7) is -0.232. The summed E-state index contributed by atoms with van der Waals surface area (Å²) in [4.78, 5) is 37.7. The topological polar surface area (TPSA) is 66.5 Å². The lowest BCUT2D eigenvalue weighted by Gasteiger charge is -2.15. The summed E-state index contributed by atoms with van der Waals surface area (Å²) < 4.78 is 39.1. The van der Waals surface area contributed by atoms with Crippen molar-refractivity contribution in [2.24, 2.45) is 0 Å². The van der Waals surface area contributed by atoms with Crippen LogP contribution in [0.5, 0.6) is 0 Å². The van der Waals surface area contributed by atoms with Crippen LogP contribution in [0, 0.1) is 0 Å². The quantitative estimate of drug-likeness (QED) is 0.610. The van der Waals surface area contributed by atoms with Crippen molar-refractivity contribution in [2.45, 2.75) is 12.6 Å². The molecule has 0 bridgehead atoms. The van der Waals surface area contributed by atoms with Crippen molar-refractivity contribution in [3.63, 3.8) is 0 Å². The number of carbonyl (C=O) groups excluding carboxylic acids is 3. The zero-order valence-electron chi connectivity index (χ0n) is 16.1. The lowest BCUT2D eigenvalue weighted by Crippen LogP contribution is -2.31. The number of alkyl halides is 3. The minimum absolute atomic E-state index is 0.208. The molecule has 1 aliphatic heterocycles. The molecule has 0 saturated carbocycles. The van der Waals surface area contributed by atoms with E-state index < -0.39 is 28.8 Å². The van der Waals surface area contributed by atoms with E-state index in [1.54, 1.807) is 12.2 Å². The van der Waals surface area contributed by atoms with E-state index in [0.29, 0.717) is 0 Å². The molecule has 0 atom stereocenters. The molecule has 0 spiro atoms. The highest BCUT2D eigenvalue weighted by Crippen LogP contribution is 2.35. The zero-order chi connectivity index (χ0) is 22.4. The largest absolute Gasteiger partial charge is 0.418 e. The molecule has 1 saturated heterocycles. The Morgan fingerprint density at radius 1 is 1.03 bits per heavy atom. The van der Waals surface area contributed by atoms with Gasteiger partial charge in [-0.05, 0) is 35.5 Å². The number of imide groups is 1. The number of carbonyl (C=O) groups is 3. The van der Waals surface area contributed by atoms with Crippen LogP contribution in [0.3, 0.4) is 0 Å². The van der Waals surface area contributed by atoms with Gasteiger partial charge in [0, 0.05) is 13.0 Å². The first-order valence-electron chi connectivity index (χ1n) is 9.19. The second-order valence-corrected chi connectivity index (χ2v) is 7.46. The van der Waals surface area contributed by atoms with Crippen LogP contribution in [0.4, 0.5) is 23.7 Å². The summed E-state index contributed by atoms with van der Waals surface area (Å²) in [6.07, 6.45) is -0.00405. The number of rotatable bonds is 6. The Kier molecular flexibility index (Phi) is 6.96. The van der Waals surface area contributed by atoms with E-state index in [4.69, 9.17) is 0 Å². The minimum atomic E-state index is -4.62. The molecule has 1 fully saturated rings. The number of allylic oxidation sites excluding steroid dienone is 2. The third-order valence-corrected chi connectivity index (χ3v) is 5.20. The van der Waals surface area contributed by atoms with Gasteiger partial charge < -0.3 is 5.32 Å². The molecular weight excluding hydrogens is 429 g/mol. The molecular formula is C22H17F3N2O3S. The number of halogens is 3. The molecule has 5 nitrogen and oxygen atoms in total. The zero-order valence-corrected chi connectivity index (χ0v) is 16.9. The first kappa shape index (κ1) is 22.4. The summed E-state index contributed by atoms with van der Waals surface area (Å²) in [7, 11) is 0. The maximum Gasteiger partial charge on any atom is 0.418 e. The Morgan fingerprint density at radius 3 is 2.42 bits per heavy atom. The van der Waals surface area contributed by atoms with Crippen LogP contribution >= 0.6 is 11.8 Å². The van der Waals surface area contributed by atoms with E-state index >= 15 is 0 Å². The van der Waals surface area contributed by atoms with Crippen LogP contribution in [0.15, 0.2) is 71.7 Å². The number of hydrogen-bond acceptors (Lipinski definition) is 4. The Morgan fingerprint density at radius 2 is 1.71 bits per heavy atom. The maximum absolute atomic E-state index is 13.0. The van der Waals surface area contributed by atoms with Gasteiger partial charge in [0.1, 0.15) is 0 Å². The first-order valence-corrected chi connectivity index (χ1v) is 10.0. The van der Waals surface area contributed by atoms with Gasteiger partial charge >= 0.3 is 6.18 Å². The van der Waals surface area contributed by atoms with Gasteiger partial charge in [-0.25, -0.2) is 0 Å². The third-order valence-electron chi connectivity index (χ3n) is 4.28. The number of amides is 3. The standard InChI is InChI=1S/C22H17F3N2O3S/c23-22(24,25)16-10-4-5-11-17(16)26-19(28)13-14-27-20(29)18(31-21(27)30)12-6-9-15-7-2-1-3-8-15/h1-12H,13-14H2,(H,26,28). The van der Waals surface area contributed by atoms with Gasteiger partial charge in [0.15, 0.2) is 0 Å². The lowest BCUT2D eigenvalue weighted by molar-refractivity contribution is -0.137. The molecule has 2 aromatic carbocycles. The molecule has 1 aliphatic rings. The van der Waals surface area contributed by atoms with Crippen LogP contribution in [-0.2, 0) is 15.8 Å². The fourth-order valence-electron chi connectivity index (χ4n) is 2.78. The predicted octanol–water partition coefficient (Wildman–Crippen LogP) is 5.33. The molecule has 0 unspecified atom stereocenters. The van der Waals surface area contributed by atoms with Crippen molar-refractivity contribution in [1.29, 1.82) is 0 Å². The number of para-hydroxylation sites is 1. The van der Waals surface area contributed by atoms with E-state index in [2.05, 4.69) is 5.32 Å². The smallest absolute Gasteiger partial charge is 0.325 e. The summed E-state index contributed by atoms with van der Waals surface area (Å²) in [5.41, 5.74) is -0.420. The molecule has 0 radical (unpaired) electrons. The van der Waals surface area contributed by atoms with Gasteiger partial charge in [0.25, 0.3) is 11.1 Å². The van der Waals surface area contributed by atoms with Gasteiger partial charge in [-0.1, -0.05) is 54.6 Å². The van der Waals surface area contributed by atoms with Crippen LogP contribution in [0.2, 0.25) is 0 Å². The van der Waals surface area contributed by atoms with E-state index in [0.717, 1.165) is 34.4 Å². The molecule has 9 heteroatoms. The predicted molar refractivity (Wildman–Crippen MR) is 113 cm³/mol. The van der Waals surface area contributed by atoms with E-state index in [9.17, 15) is 27.6 Å². The normalized spacial score (nSPS) is 15.8. The number of thioether (sulfide) groups is 1. The van der Waals surface area contributed by atoms with Gasteiger partial charge in [0.05, 0.1) is 16.2 Å². The van der Waals surface area contributed by atoms with Crippen molar-refractivity contribution < 1.29 is 27.6 Å². The van der Waals surface area contributed by atoms with Crippen LogP contribution in [0.1, 0.15) is 17.5 Å². The highest BCUT2D eigenvalue weighted by atomic mass is 32.2. The summed E-state index contributed by atoms with van der Waals surface area (Å²) in [5.74, 6) is -1.28. The molecule has 0 aromatic heterocycles. The van der Waals surface area contributed by atoms with E-state index in [1.165, 1.54) is 18.2 Å². The maximum atomic E-state index is 13.0. The molecule has 2 aromatic rings. The van der Waals surface area contributed by atoms with Crippen LogP contribution in [0.25, 0.3) is 6.08 Å². The highest BCUT2D eigenvalue weighted by molar-refractivity contribution is 8.18. The molecule has 3 rings (SSSR count). The molecule has 1 heterocycles. The number of nitrogens with one attached hydrogen (secondary N) is 1. The monoisotopic (exact) mass is 446 g/mol. The molecule has 1 N–H and O–H groups in total. The lowest BCUT2D eigenvalue weighted by atomic mass is 10.1. The van der Waals surface area contributed by atoms with Crippen molar-refractivity contribution in [3.8, 4) is 0 Å². The first-order chi connectivity index (χ1) is 14.8. The van der Waals surface area contributed by atoms with Crippen molar-refractivity contribution in [3.05, 3.63) is 82.8 Å². The van der Waals surface area contributed by atoms with Gasteiger partial charge in [-0.2, -0.15) is 13.2 Å². The number of anilines is 1. The van der Waals surface area contributed by atoms with E-state index in [-0.39, 0.29) is 23.6 Å². The summed E-state index contributed by atoms with van der Waals surface area (Å²) in [5, 5.41) is 1.66. The van der Waals surface area contributed by atoms with Gasteiger partial charge in [0.2, 0.25) is 5.91 Å². The fraction of sp³-hybridized carbons (Fsp3) is 0.136. The van der Waals surface area contributed by atoms with Crippen molar-refractivity contribution >= 4 is 40.6 Å².